The van der Waals surface area contributed by atoms with Crippen LogP contribution < -0.4 is 10.1 Å². The lowest BCUT2D eigenvalue weighted by Crippen LogP contribution is -2.51. The Balaban J connectivity index is 1.71. The van der Waals surface area contributed by atoms with Crippen molar-refractivity contribution in [1.82, 2.24) is 10.2 Å². The molecule has 0 aromatic heterocycles. The van der Waals surface area contributed by atoms with Gasteiger partial charge in [-0.25, -0.2) is 0 Å². The van der Waals surface area contributed by atoms with E-state index in [2.05, 4.69) is 11.4 Å². The predicted molar refractivity (Wildman–Crippen MR) is 128 cm³/mol. The molecule has 1 aliphatic rings. The normalized spacial score (nSPS) is 15.1. The van der Waals surface area contributed by atoms with Crippen LogP contribution in [0.1, 0.15) is 61.3 Å². The van der Waals surface area contributed by atoms with E-state index in [4.69, 9.17) is 4.74 Å². The van der Waals surface area contributed by atoms with Crippen molar-refractivity contribution in [3.05, 3.63) is 64.7 Å². The monoisotopic (exact) mass is 436 g/mol. The van der Waals surface area contributed by atoms with Gasteiger partial charge in [-0.1, -0.05) is 55.2 Å². The minimum atomic E-state index is -0.575. The van der Waals surface area contributed by atoms with E-state index in [1.54, 1.807) is 11.8 Å². The molecule has 172 valence electrons. The molecule has 1 fully saturated rings. The minimum absolute atomic E-state index is 0.0937. The van der Waals surface area contributed by atoms with E-state index in [9.17, 15) is 9.59 Å². The average Bonchev–Trinajstić information content (AvgIpc) is 2.76. The fraction of sp³-hybridized carbons (Fsp3) is 0.481. The van der Waals surface area contributed by atoms with Crippen molar-refractivity contribution in [3.63, 3.8) is 0 Å². The third kappa shape index (κ3) is 6.84. The maximum atomic E-state index is 13.2. The summed E-state index contributed by atoms with van der Waals surface area (Å²) in [5, 5.41) is 3.16. The second kappa shape index (κ2) is 11.2. The molecule has 1 atom stereocenters. The quantitative estimate of drug-likeness (QED) is 0.643. The molecule has 2 amide bonds. The molecule has 5 nitrogen and oxygen atoms in total. The van der Waals surface area contributed by atoms with Gasteiger partial charge in [-0.2, -0.15) is 0 Å². The standard InChI is InChI=1S/C27H36N2O3/c1-19-10-12-23(13-11-19)17-29(22(4)27(31)28-24-8-6-5-7-9-24)26(30)18-32-25-15-20(2)14-21(3)16-25/h10-16,22,24H,5-9,17-18H2,1-4H3,(H,28,31)/t22-/m1/s1. The fourth-order valence-electron chi connectivity index (χ4n) is 4.29. The van der Waals surface area contributed by atoms with E-state index in [0.29, 0.717) is 12.3 Å². The van der Waals surface area contributed by atoms with Gasteiger partial charge in [-0.05, 0) is 69.4 Å². The summed E-state index contributed by atoms with van der Waals surface area (Å²) in [5.41, 5.74) is 4.33. The van der Waals surface area contributed by atoms with Gasteiger partial charge >= 0.3 is 0 Å². The van der Waals surface area contributed by atoms with Crippen LogP contribution in [0.5, 0.6) is 5.75 Å². The number of nitrogens with zero attached hydrogens (tertiary/aromatic N) is 1. The van der Waals surface area contributed by atoms with E-state index in [0.717, 1.165) is 47.9 Å². The number of carbonyl (C=O) groups excluding carboxylic acids is 2. The Labute approximate surface area is 192 Å². The van der Waals surface area contributed by atoms with Crippen LogP contribution in [0.25, 0.3) is 0 Å². The molecule has 1 aliphatic carbocycles. The number of carbonyl (C=O) groups is 2. The Bertz CT molecular complexity index is 897. The van der Waals surface area contributed by atoms with Gasteiger partial charge in [-0.15, -0.1) is 0 Å². The first-order chi connectivity index (χ1) is 15.3. The molecule has 0 unspecified atom stereocenters. The zero-order valence-corrected chi connectivity index (χ0v) is 19.8. The smallest absolute Gasteiger partial charge is 0.261 e. The molecule has 5 heteroatoms. The second-order valence-electron chi connectivity index (χ2n) is 9.14. The van der Waals surface area contributed by atoms with E-state index < -0.39 is 6.04 Å². The highest BCUT2D eigenvalue weighted by Crippen LogP contribution is 2.19. The van der Waals surface area contributed by atoms with E-state index in [-0.39, 0.29) is 24.5 Å². The van der Waals surface area contributed by atoms with Gasteiger partial charge < -0.3 is 15.0 Å². The summed E-state index contributed by atoms with van der Waals surface area (Å²) < 4.78 is 5.82. The van der Waals surface area contributed by atoms with Crippen molar-refractivity contribution in [2.45, 2.75) is 78.4 Å². The summed E-state index contributed by atoms with van der Waals surface area (Å²) in [6.45, 7) is 8.11. The van der Waals surface area contributed by atoms with Gasteiger partial charge in [-0.3, -0.25) is 9.59 Å². The summed E-state index contributed by atoms with van der Waals surface area (Å²) in [6.07, 6.45) is 5.56. The molecule has 3 rings (SSSR count). The van der Waals surface area contributed by atoms with Crippen LogP contribution in [0.2, 0.25) is 0 Å². The number of rotatable bonds is 8. The van der Waals surface area contributed by atoms with E-state index >= 15 is 0 Å². The first kappa shape index (κ1) is 23.8. The Kier molecular flexibility index (Phi) is 8.32. The lowest BCUT2D eigenvalue weighted by atomic mass is 9.95. The van der Waals surface area contributed by atoms with Crippen molar-refractivity contribution >= 4 is 11.8 Å². The molecule has 32 heavy (non-hydrogen) atoms. The molecule has 0 aliphatic heterocycles. The van der Waals surface area contributed by atoms with Crippen LogP contribution in [0.3, 0.4) is 0 Å². The van der Waals surface area contributed by atoms with Crippen molar-refractivity contribution in [2.24, 2.45) is 0 Å². The highest BCUT2D eigenvalue weighted by atomic mass is 16.5. The van der Waals surface area contributed by atoms with E-state index in [1.165, 1.54) is 6.42 Å². The summed E-state index contributed by atoms with van der Waals surface area (Å²) in [5.74, 6) is 0.380. The number of hydrogen-bond acceptors (Lipinski definition) is 3. The number of aryl methyl sites for hydroxylation is 3. The van der Waals surface area contributed by atoms with Crippen LogP contribution >= 0.6 is 0 Å². The Morgan fingerprint density at radius 1 is 0.969 bits per heavy atom. The number of ether oxygens (including phenoxy) is 1. The molecule has 1 saturated carbocycles. The van der Waals surface area contributed by atoms with Gasteiger partial charge in [0.05, 0.1) is 0 Å². The lowest BCUT2D eigenvalue weighted by Gasteiger charge is -2.31. The first-order valence-corrected chi connectivity index (χ1v) is 11.7. The summed E-state index contributed by atoms with van der Waals surface area (Å²) in [4.78, 5) is 27.9. The maximum absolute atomic E-state index is 13.2. The number of amides is 2. The third-order valence-corrected chi connectivity index (χ3v) is 6.15. The number of hydrogen-bond donors (Lipinski definition) is 1. The SMILES string of the molecule is Cc1ccc(CN(C(=O)COc2cc(C)cc(C)c2)[C@H](C)C(=O)NC2CCCCC2)cc1. The molecule has 0 heterocycles. The van der Waals surface area contributed by atoms with Gasteiger partial charge in [0.15, 0.2) is 6.61 Å². The molecule has 0 saturated heterocycles. The van der Waals surface area contributed by atoms with Gasteiger partial charge in [0, 0.05) is 12.6 Å². The largest absolute Gasteiger partial charge is 0.484 e. The van der Waals surface area contributed by atoms with Crippen molar-refractivity contribution in [3.8, 4) is 5.75 Å². The first-order valence-electron chi connectivity index (χ1n) is 11.7. The molecule has 2 aromatic carbocycles. The molecule has 1 N–H and O–H groups in total. The minimum Gasteiger partial charge on any atom is -0.484 e. The Morgan fingerprint density at radius 2 is 1.59 bits per heavy atom. The number of benzene rings is 2. The lowest BCUT2D eigenvalue weighted by molar-refractivity contribution is -0.142. The average molecular weight is 437 g/mol. The molecule has 0 spiro atoms. The molecule has 0 radical (unpaired) electrons. The van der Waals surface area contributed by atoms with Crippen molar-refractivity contribution in [2.75, 3.05) is 6.61 Å². The van der Waals surface area contributed by atoms with Crippen molar-refractivity contribution in [1.29, 1.82) is 0 Å². The van der Waals surface area contributed by atoms with Crippen LogP contribution in [-0.2, 0) is 16.1 Å². The number of nitrogens with one attached hydrogen (secondary N) is 1. The van der Waals surface area contributed by atoms with Crippen LogP contribution in [0.4, 0.5) is 0 Å². The Hall–Kier alpha value is -2.82. The highest BCUT2D eigenvalue weighted by molar-refractivity contribution is 5.88. The molecule has 0 bridgehead atoms. The fourth-order valence-corrected chi connectivity index (χ4v) is 4.29. The molecular formula is C27H36N2O3. The summed E-state index contributed by atoms with van der Waals surface area (Å²) in [7, 11) is 0. The van der Waals surface area contributed by atoms with Gasteiger partial charge in [0.25, 0.3) is 5.91 Å². The van der Waals surface area contributed by atoms with Gasteiger partial charge in [0.2, 0.25) is 5.91 Å². The molecule has 2 aromatic rings. The second-order valence-corrected chi connectivity index (χ2v) is 9.14. The van der Waals surface area contributed by atoms with Gasteiger partial charge in [0.1, 0.15) is 11.8 Å². The molecular weight excluding hydrogens is 400 g/mol. The summed E-state index contributed by atoms with van der Waals surface area (Å²) >= 11 is 0. The van der Waals surface area contributed by atoms with Crippen LogP contribution in [0.15, 0.2) is 42.5 Å². The van der Waals surface area contributed by atoms with Crippen molar-refractivity contribution < 1.29 is 14.3 Å². The summed E-state index contributed by atoms with van der Waals surface area (Å²) in [6, 6.07) is 13.6. The third-order valence-electron chi connectivity index (χ3n) is 6.15. The highest BCUT2D eigenvalue weighted by Gasteiger charge is 2.28. The van der Waals surface area contributed by atoms with Crippen LogP contribution in [-0.4, -0.2) is 35.4 Å². The van der Waals surface area contributed by atoms with Crippen LogP contribution in [0, 0.1) is 20.8 Å². The zero-order chi connectivity index (χ0) is 23.1. The Morgan fingerprint density at radius 3 is 2.22 bits per heavy atom. The topological polar surface area (TPSA) is 58.6 Å². The van der Waals surface area contributed by atoms with E-state index in [1.807, 2.05) is 57.2 Å². The predicted octanol–water partition coefficient (Wildman–Crippen LogP) is 4.86. The zero-order valence-electron chi connectivity index (χ0n) is 19.8. The maximum Gasteiger partial charge on any atom is 0.261 e.